The normalized spacial score (nSPS) is 9.91. The molecule has 0 aliphatic heterocycles. The fourth-order valence-electron chi connectivity index (χ4n) is 2.10. The number of rotatable bonds is 6. The molecule has 0 saturated heterocycles. The van der Waals surface area contributed by atoms with Gasteiger partial charge in [0.15, 0.2) is 11.5 Å². The Morgan fingerprint density at radius 1 is 0.826 bits per heavy atom. The van der Waals surface area contributed by atoms with E-state index in [9.17, 15) is 4.79 Å². The van der Waals surface area contributed by atoms with Crippen LogP contribution < -0.4 is 24.3 Å². The summed E-state index contributed by atoms with van der Waals surface area (Å²) in [5.41, 5.74) is 1.06. The van der Waals surface area contributed by atoms with E-state index >= 15 is 0 Å². The fraction of sp³-hybridized carbons (Fsp3) is 0.235. The highest BCUT2D eigenvalue weighted by molar-refractivity contribution is 6.04. The Bertz CT molecular complexity index is 657. The summed E-state index contributed by atoms with van der Waals surface area (Å²) in [4.78, 5) is 12.3. The highest BCUT2D eigenvalue weighted by atomic mass is 16.5. The number of ether oxygens (including phenoxy) is 4. The van der Waals surface area contributed by atoms with Gasteiger partial charge in [0.25, 0.3) is 5.91 Å². The quantitative estimate of drug-likeness (QED) is 0.887. The van der Waals surface area contributed by atoms with Crippen molar-refractivity contribution in [3.8, 4) is 23.0 Å². The number of hydrogen-bond donors (Lipinski definition) is 1. The summed E-state index contributed by atoms with van der Waals surface area (Å²) < 4.78 is 20.9. The Kier molecular flexibility index (Phi) is 5.30. The van der Waals surface area contributed by atoms with E-state index in [1.54, 1.807) is 43.5 Å². The van der Waals surface area contributed by atoms with Crippen molar-refractivity contribution in [2.24, 2.45) is 0 Å². The number of carbonyl (C=O) groups is 1. The summed E-state index contributed by atoms with van der Waals surface area (Å²) >= 11 is 0. The van der Waals surface area contributed by atoms with Crippen molar-refractivity contribution in [3.63, 3.8) is 0 Å². The van der Waals surface area contributed by atoms with Crippen LogP contribution in [0.2, 0.25) is 0 Å². The summed E-state index contributed by atoms with van der Waals surface area (Å²) in [5.74, 6) is 1.85. The number of amides is 1. The lowest BCUT2D eigenvalue weighted by Gasteiger charge is -2.14. The van der Waals surface area contributed by atoms with Gasteiger partial charge in [-0.2, -0.15) is 0 Å². The minimum absolute atomic E-state index is 0.248. The van der Waals surface area contributed by atoms with Crippen LogP contribution in [-0.4, -0.2) is 34.3 Å². The Hall–Kier alpha value is -2.89. The second-order valence-electron chi connectivity index (χ2n) is 4.60. The van der Waals surface area contributed by atoms with Crippen molar-refractivity contribution in [1.29, 1.82) is 0 Å². The molecule has 0 aromatic heterocycles. The Labute approximate surface area is 134 Å². The number of methoxy groups -OCH3 is 4. The molecule has 0 spiro atoms. The molecular weight excluding hydrogens is 298 g/mol. The maximum absolute atomic E-state index is 12.3. The molecule has 0 aliphatic carbocycles. The monoisotopic (exact) mass is 317 g/mol. The van der Waals surface area contributed by atoms with Gasteiger partial charge in [0, 0.05) is 23.4 Å². The Balaban J connectivity index is 2.26. The predicted octanol–water partition coefficient (Wildman–Crippen LogP) is 2.97. The minimum atomic E-state index is -0.248. The molecule has 0 aliphatic rings. The predicted molar refractivity (Wildman–Crippen MR) is 87.0 cm³/mol. The number of anilines is 1. The Morgan fingerprint density at radius 2 is 1.39 bits per heavy atom. The zero-order valence-corrected chi connectivity index (χ0v) is 13.5. The van der Waals surface area contributed by atoms with Crippen LogP contribution in [0.3, 0.4) is 0 Å². The molecule has 122 valence electrons. The molecule has 0 saturated carbocycles. The highest BCUT2D eigenvalue weighted by Crippen LogP contribution is 2.40. The van der Waals surface area contributed by atoms with E-state index in [0.717, 1.165) is 0 Å². The lowest BCUT2D eigenvalue weighted by atomic mass is 10.2. The number of hydrogen-bond acceptors (Lipinski definition) is 5. The number of nitrogens with one attached hydrogen (secondary N) is 1. The average Bonchev–Trinajstić information content (AvgIpc) is 2.60. The van der Waals surface area contributed by atoms with Gasteiger partial charge in [-0.3, -0.25) is 4.79 Å². The van der Waals surface area contributed by atoms with E-state index in [0.29, 0.717) is 34.2 Å². The second-order valence-corrected chi connectivity index (χ2v) is 4.60. The van der Waals surface area contributed by atoms with Crippen molar-refractivity contribution in [2.45, 2.75) is 0 Å². The molecule has 2 aromatic carbocycles. The van der Waals surface area contributed by atoms with Gasteiger partial charge in [-0.25, -0.2) is 0 Å². The first-order chi connectivity index (χ1) is 11.1. The molecule has 2 rings (SSSR count). The summed E-state index contributed by atoms with van der Waals surface area (Å²) in [6, 6.07) is 10.2. The average molecular weight is 317 g/mol. The lowest BCUT2D eigenvalue weighted by molar-refractivity contribution is 0.102. The van der Waals surface area contributed by atoms with Crippen molar-refractivity contribution < 1.29 is 23.7 Å². The summed E-state index contributed by atoms with van der Waals surface area (Å²) in [6.07, 6.45) is 0. The van der Waals surface area contributed by atoms with E-state index < -0.39 is 0 Å². The van der Waals surface area contributed by atoms with Crippen LogP contribution in [0.5, 0.6) is 23.0 Å². The number of carbonyl (C=O) groups excluding carboxylic acids is 1. The molecule has 0 bridgehead atoms. The van der Waals surface area contributed by atoms with Gasteiger partial charge < -0.3 is 24.3 Å². The Morgan fingerprint density at radius 3 is 1.83 bits per heavy atom. The van der Waals surface area contributed by atoms with E-state index in [-0.39, 0.29) is 5.91 Å². The number of benzene rings is 2. The van der Waals surface area contributed by atoms with E-state index in [1.165, 1.54) is 21.3 Å². The SMILES string of the molecule is COc1ccc(C(=O)Nc2cc(OC)c(OC)c(OC)c2)cc1. The van der Waals surface area contributed by atoms with Crippen LogP contribution in [0.15, 0.2) is 36.4 Å². The van der Waals surface area contributed by atoms with Crippen molar-refractivity contribution in [2.75, 3.05) is 33.8 Å². The van der Waals surface area contributed by atoms with E-state index in [2.05, 4.69) is 5.32 Å². The molecule has 6 heteroatoms. The molecule has 1 N–H and O–H groups in total. The van der Waals surface area contributed by atoms with Crippen LogP contribution in [0.4, 0.5) is 5.69 Å². The summed E-state index contributed by atoms with van der Waals surface area (Å²) in [6.45, 7) is 0. The first-order valence-electron chi connectivity index (χ1n) is 6.88. The van der Waals surface area contributed by atoms with Crippen molar-refractivity contribution in [1.82, 2.24) is 0 Å². The van der Waals surface area contributed by atoms with Crippen LogP contribution in [0.1, 0.15) is 10.4 Å². The lowest BCUT2D eigenvalue weighted by Crippen LogP contribution is -2.12. The van der Waals surface area contributed by atoms with Gasteiger partial charge in [0.2, 0.25) is 5.75 Å². The summed E-state index contributed by atoms with van der Waals surface area (Å²) in [7, 11) is 6.14. The first kappa shape index (κ1) is 16.5. The molecular formula is C17H19NO5. The third-order valence-corrected chi connectivity index (χ3v) is 3.27. The molecule has 2 aromatic rings. The van der Waals surface area contributed by atoms with E-state index in [4.69, 9.17) is 18.9 Å². The van der Waals surface area contributed by atoms with Gasteiger partial charge in [-0.05, 0) is 24.3 Å². The third kappa shape index (κ3) is 3.66. The maximum atomic E-state index is 12.3. The maximum Gasteiger partial charge on any atom is 0.255 e. The van der Waals surface area contributed by atoms with Gasteiger partial charge >= 0.3 is 0 Å². The smallest absolute Gasteiger partial charge is 0.255 e. The van der Waals surface area contributed by atoms with Gasteiger partial charge in [0.05, 0.1) is 28.4 Å². The highest BCUT2D eigenvalue weighted by Gasteiger charge is 2.15. The van der Waals surface area contributed by atoms with Crippen LogP contribution >= 0.6 is 0 Å². The molecule has 0 fully saturated rings. The van der Waals surface area contributed by atoms with Crippen molar-refractivity contribution >= 4 is 11.6 Å². The molecule has 1 amide bonds. The molecule has 0 unspecified atom stereocenters. The van der Waals surface area contributed by atoms with Gasteiger partial charge in [0.1, 0.15) is 5.75 Å². The van der Waals surface area contributed by atoms with Crippen LogP contribution in [0.25, 0.3) is 0 Å². The standard InChI is InChI=1S/C17H19NO5/c1-20-13-7-5-11(6-8-13)17(19)18-12-9-14(21-2)16(23-4)15(10-12)22-3/h5-10H,1-4H3,(H,18,19). The van der Waals surface area contributed by atoms with E-state index in [1.807, 2.05) is 0 Å². The first-order valence-corrected chi connectivity index (χ1v) is 6.88. The zero-order chi connectivity index (χ0) is 16.8. The molecule has 23 heavy (non-hydrogen) atoms. The van der Waals surface area contributed by atoms with Crippen LogP contribution in [0, 0.1) is 0 Å². The summed E-state index contributed by atoms with van der Waals surface area (Å²) in [5, 5.41) is 2.80. The molecule has 0 atom stereocenters. The minimum Gasteiger partial charge on any atom is -0.497 e. The van der Waals surface area contributed by atoms with Gasteiger partial charge in [-0.15, -0.1) is 0 Å². The fourth-order valence-corrected chi connectivity index (χ4v) is 2.10. The largest absolute Gasteiger partial charge is 0.497 e. The zero-order valence-electron chi connectivity index (χ0n) is 13.5. The van der Waals surface area contributed by atoms with Crippen molar-refractivity contribution in [3.05, 3.63) is 42.0 Å². The molecule has 0 radical (unpaired) electrons. The third-order valence-electron chi connectivity index (χ3n) is 3.27. The van der Waals surface area contributed by atoms with Gasteiger partial charge in [-0.1, -0.05) is 0 Å². The molecule has 6 nitrogen and oxygen atoms in total. The van der Waals surface area contributed by atoms with Crippen LogP contribution in [-0.2, 0) is 0 Å². The molecule has 0 heterocycles. The topological polar surface area (TPSA) is 66.0 Å². The second kappa shape index (κ2) is 7.40.